The van der Waals surface area contributed by atoms with Crippen molar-refractivity contribution in [1.82, 2.24) is 9.78 Å². The van der Waals surface area contributed by atoms with Gasteiger partial charge in [-0.1, -0.05) is 12.1 Å². The minimum absolute atomic E-state index is 0.168. The molecule has 1 aromatic heterocycles. The molecule has 0 spiro atoms. The number of carbonyl (C=O) groups is 1. The number of hydrogen-bond acceptors (Lipinski definition) is 3. The first kappa shape index (κ1) is 15.0. The quantitative estimate of drug-likeness (QED) is 0.624. The summed E-state index contributed by atoms with van der Waals surface area (Å²) >= 11 is 0. The van der Waals surface area contributed by atoms with Gasteiger partial charge in [-0.15, -0.1) is 0 Å². The van der Waals surface area contributed by atoms with Crippen molar-refractivity contribution in [3.05, 3.63) is 53.6 Å². The van der Waals surface area contributed by atoms with Crippen LogP contribution in [-0.4, -0.2) is 22.7 Å². The minimum atomic E-state index is -0.459. The van der Waals surface area contributed by atoms with Crippen molar-refractivity contribution in [2.24, 2.45) is 0 Å². The first-order valence-corrected chi connectivity index (χ1v) is 6.61. The highest BCUT2D eigenvalue weighted by Gasteiger charge is 2.07. The van der Waals surface area contributed by atoms with Crippen LogP contribution in [0.25, 0.3) is 6.08 Å². The molecule has 0 bridgehead atoms. The number of aromatic nitrogens is 2. The van der Waals surface area contributed by atoms with Gasteiger partial charge in [-0.3, -0.25) is 9.48 Å². The van der Waals surface area contributed by atoms with E-state index in [1.807, 2.05) is 13.8 Å². The third-order valence-corrected chi connectivity index (χ3v) is 3.02. The molecule has 0 radical (unpaired) electrons. The van der Waals surface area contributed by atoms with E-state index >= 15 is 0 Å². The van der Waals surface area contributed by atoms with Gasteiger partial charge in [0.05, 0.1) is 18.9 Å². The highest BCUT2D eigenvalue weighted by Crippen LogP contribution is 2.18. The maximum Gasteiger partial charge on any atom is 0.189 e. The minimum Gasteiger partial charge on any atom is -0.494 e. The van der Waals surface area contributed by atoms with Crippen molar-refractivity contribution in [2.75, 3.05) is 7.11 Å². The van der Waals surface area contributed by atoms with Crippen LogP contribution in [0.2, 0.25) is 0 Å². The Morgan fingerprint density at radius 1 is 1.43 bits per heavy atom. The van der Waals surface area contributed by atoms with E-state index in [1.165, 1.54) is 31.5 Å². The lowest BCUT2D eigenvalue weighted by molar-refractivity contribution is 0.104. The number of carbonyl (C=O) groups excluding carboxylic acids is 1. The molecule has 110 valence electrons. The zero-order valence-corrected chi connectivity index (χ0v) is 12.2. The highest BCUT2D eigenvalue weighted by molar-refractivity contribution is 6.06. The van der Waals surface area contributed by atoms with Gasteiger partial charge < -0.3 is 4.74 Å². The van der Waals surface area contributed by atoms with Gasteiger partial charge in [-0.05, 0) is 37.6 Å². The Kier molecular flexibility index (Phi) is 4.52. The summed E-state index contributed by atoms with van der Waals surface area (Å²) in [4.78, 5) is 12.0. The summed E-state index contributed by atoms with van der Waals surface area (Å²) in [5.74, 6) is -0.450. The third kappa shape index (κ3) is 3.56. The molecule has 21 heavy (non-hydrogen) atoms. The Morgan fingerprint density at radius 3 is 2.76 bits per heavy atom. The summed E-state index contributed by atoms with van der Waals surface area (Å²) in [6.45, 7) is 3.97. The Hall–Kier alpha value is -2.43. The van der Waals surface area contributed by atoms with Crippen LogP contribution < -0.4 is 4.74 Å². The lowest BCUT2D eigenvalue weighted by Gasteiger charge is -2.02. The fraction of sp³-hybridized carbons (Fsp3) is 0.250. The molecule has 1 heterocycles. The second-order valence-corrected chi connectivity index (χ2v) is 4.89. The van der Waals surface area contributed by atoms with E-state index in [1.54, 1.807) is 23.0 Å². The molecule has 0 aliphatic rings. The fourth-order valence-electron chi connectivity index (χ4n) is 1.80. The predicted molar refractivity (Wildman–Crippen MR) is 78.9 cm³/mol. The van der Waals surface area contributed by atoms with Crippen LogP contribution in [0.15, 0.2) is 36.7 Å². The Balaban J connectivity index is 2.12. The summed E-state index contributed by atoms with van der Waals surface area (Å²) in [5, 5.41) is 4.11. The van der Waals surface area contributed by atoms with Crippen LogP contribution in [0.3, 0.4) is 0 Å². The molecule has 0 atom stereocenters. The van der Waals surface area contributed by atoms with E-state index < -0.39 is 5.82 Å². The van der Waals surface area contributed by atoms with Gasteiger partial charge >= 0.3 is 0 Å². The van der Waals surface area contributed by atoms with E-state index in [-0.39, 0.29) is 17.6 Å². The average molecular weight is 288 g/mol. The molecule has 0 fully saturated rings. The highest BCUT2D eigenvalue weighted by atomic mass is 19.1. The van der Waals surface area contributed by atoms with Crippen LogP contribution in [0.5, 0.6) is 5.75 Å². The maximum atomic E-state index is 13.5. The van der Waals surface area contributed by atoms with Gasteiger partial charge in [0.15, 0.2) is 17.3 Å². The molecular formula is C16H17FN2O2. The molecule has 5 heteroatoms. The van der Waals surface area contributed by atoms with E-state index in [2.05, 4.69) is 5.10 Å². The molecular weight excluding hydrogens is 271 g/mol. The Morgan fingerprint density at radius 2 is 2.19 bits per heavy atom. The second-order valence-electron chi connectivity index (χ2n) is 4.89. The lowest BCUT2D eigenvalue weighted by Crippen LogP contribution is -2.00. The summed E-state index contributed by atoms with van der Waals surface area (Å²) in [7, 11) is 1.41. The Bertz CT molecular complexity index is 675. The largest absolute Gasteiger partial charge is 0.494 e. The fourth-order valence-corrected chi connectivity index (χ4v) is 1.80. The first-order valence-electron chi connectivity index (χ1n) is 6.61. The molecule has 0 unspecified atom stereocenters. The maximum absolute atomic E-state index is 13.5. The SMILES string of the molecule is COc1ccc(C=CC(=O)c2cnn(C(C)C)c2)cc1F. The molecule has 4 nitrogen and oxygen atoms in total. The van der Waals surface area contributed by atoms with Crippen molar-refractivity contribution in [2.45, 2.75) is 19.9 Å². The standard InChI is InChI=1S/C16H17FN2O2/c1-11(2)19-10-13(9-18-19)15(20)6-4-12-5-7-16(21-3)14(17)8-12/h4-11H,1-3H3. The van der Waals surface area contributed by atoms with Crippen molar-refractivity contribution in [3.63, 3.8) is 0 Å². The van der Waals surface area contributed by atoms with Crippen molar-refractivity contribution >= 4 is 11.9 Å². The zero-order chi connectivity index (χ0) is 15.4. The van der Waals surface area contributed by atoms with Crippen LogP contribution in [0, 0.1) is 5.82 Å². The molecule has 0 saturated heterocycles. The normalized spacial score (nSPS) is 11.3. The summed E-state index contributed by atoms with van der Waals surface area (Å²) in [6.07, 6.45) is 6.20. The number of halogens is 1. The van der Waals surface area contributed by atoms with E-state index in [4.69, 9.17) is 4.74 Å². The molecule has 2 rings (SSSR count). The predicted octanol–water partition coefficient (Wildman–Crippen LogP) is 3.51. The molecule has 0 saturated carbocycles. The van der Waals surface area contributed by atoms with Crippen LogP contribution in [-0.2, 0) is 0 Å². The second kappa shape index (κ2) is 6.35. The van der Waals surface area contributed by atoms with Crippen molar-refractivity contribution in [1.29, 1.82) is 0 Å². The van der Waals surface area contributed by atoms with Gasteiger partial charge in [0.25, 0.3) is 0 Å². The van der Waals surface area contributed by atoms with E-state index in [0.29, 0.717) is 11.1 Å². The van der Waals surface area contributed by atoms with Gasteiger partial charge in [0.2, 0.25) is 0 Å². The molecule has 0 aliphatic carbocycles. The summed E-state index contributed by atoms with van der Waals surface area (Å²) in [6, 6.07) is 4.73. The van der Waals surface area contributed by atoms with Gasteiger partial charge in [-0.25, -0.2) is 4.39 Å². The third-order valence-electron chi connectivity index (χ3n) is 3.02. The number of methoxy groups -OCH3 is 1. The number of benzene rings is 1. The van der Waals surface area contributed by atoms with Crippen LogP contribution >= 0.6 is 0 Å². The number of ketones is 1. The number of allylic oxidation sites excluding steroid dienone is 1. The number of hydrogen-bond donors (Lipinski definition) is 0. The number of nitrogens with zero attached hydrogens (tertiary/aromatic N) is 2. The van der Waals surface area contributed by atoms with Crippen LogP contribution in [0.4, 0.5) is 4.39 Å². The van der Waals surface area contributed by atoms with E-state index in [9.17, 15) is 9.18 Å². The first-order chi connectivity index (χ1) is 10.0. The average Bonchev–Trinajstić information content (AvgIpc) is 2.95. The topological polar surface area (TPSA) is 44.1 Å². The van der Waals surface area contributed by atoms with Gasteiger partial charge in [0, 0.05) is 12.2 Å². The molecule has 1 aromatic carbocycles. The van der Waals surface area contributed by atoms with Crippen molar-refractivity contribution in [3.8, 4) is 5.75 Å². The number of rotatable bonds is 5. The molecule has 0 amide bonds. The number of ether oxygens (including phenoxy) is 1. The van der Waals surface area contributed by atoms with Crippen molar-refractivity contribution < 1.29 is 13.9 Å². The summed E-state index contributed by atoms with van der Waals surface area (Å²) < 4.78 is 20.1. The van der Waals surface area contributed by atoms with Crippen LogP contribution in [0.1, 0.15) is 35.8 Å². The smallest absolute Gasteiger partial charge is 0.189 e. The van der Waals surface area contributed by atoms with E-state index in [0.717, 1.165) is 0 Å². The monoisotopic (exact) mass is 288 g/mol. The molecule has 2 aromatic rings. The summed E-state index contributed by atoms with van der Waals surface area (Å²) in [5.41, 5.74) is 1.10. The zero-order valence-electron chi connectivity index (χ0n) is 12.2. The van der Waals surface area contributed by atoms with Gasteiger partial charge in [-0.2, -0.15) is 5.10 Å². The van der Waals surface area contributed by atoms with Gasteiger partial charge in [0.1, 0.15) is 0 Å². The Labute approximate surface area is 122 Å². The molecule has 0 N–H and O–H groups in total. The molecule has 0 aliphatic heterocycles. The lowest BCUT2D eigenvalue weighted by atomic mass is 10.1.